The Morgan fingerprint density at radius 1 is 1.19 bits per heavy atom. The lowest BCUT2D eigenvalue weighted by atomic mass is 10.2. The first-order valence-corrected chi connectivity index (χ1v) is 10.7. The number of hydrogen-bond acceptors (Lipinski definition) is 5. The third-order valence-corrected chi connectivity index (χ3v) is 6.28. The van der Waals surface area contributed by atoms with Crippen LogP contribution in [0, 0.1) is 13.8 Å². The number of benzene rings is 1. The van der Waals surface area contributed by atoms with Crippen LogP contribution in [0.3, 0.4) is 0 Å². The molecule has 3 rings (SSSR count). The van der Waals surface area contributed by atoms with Crippen molar-refractivity contribution in [3.63, 3.8) is 0 Å². The van der Waals surface area contributed by atoms with Gasteiger partial charge in [0.05, 0.1) is 10.5 Å². The van der Waals surface area contributed by atoms with Crippen molar-refractivity contribution in [3.05, 3.63) is 64.9 Å². The lowest BCUT2D eigenvalue weighted by Crippen LogP contribution is -2.34. The summed E-state index contributed by atoms with van der Waals surface area (Å²) in [6.07, 6.45) is 1.72. The fraction of sp³-hybridized carbons (Fsp3) is 0.222. The van der Waals surface area contributed by atoms with Crippen LogP contribution in [0.15, 0.2) is 52.9 Å². The zero-order valence-electron chi connectivity index (χ0n) is 15.0. The van der Waals surface area contributed by atoms with Crippen LogP contribution in [0.2, 0.25) is 0 Å². The first-order chi connectivity index (χ1) is 12.9. The number of nitrogens with one attached hydrogen (secondary N) is 2. The van der Waals surface area contributed by atoms with Crippen LogP contribution in [0.5, 0.6) is 0 Å². The Hall–Kier alpha value is -2.49. The van der Waals surface area contributed by atoms with Gasteiger partial charge in [0.25, 0.3) is 5.91 Å². The van der Waals surface area contributed by atoms with Gasteiger partial charge in [-0.25, -0.2) is 18.1 Å². The second-order valence-electron chi connectivity index (χ2n) is 5.90. The number of carbonyl (C=O) groups excluding carboxylic acids is 1. The molecule has 2 heterocycles. The average Bonchev–Trinajstić information content (AvgIpc) is 3.27. The van der Waals surface area contributed by atoms with E-state index in [4.69, 9.17) is 0 Å². The number of hydrogen-bond donors (Lipinski definition) is 2. The van der Waals surface area contributed by atoms with Crippen LogP contribution < -0.4 is 10.0 Å². The monoisotopic (exact) mass is 404 g/mol. The first kappa shape index (κ1) is 19.3. The molecule has 7 nitrogen and oxygen atoms in total. The number of thiazole rings is 1. The van der Waals surface area contributed by atoms with E-state index in [0.29, 0.717) is 5.56 Å². The molecule has 0 saturated heterocycles. The largest absolute Gasteiger partial charge is 0.351 e. The Balaban J connectivity index is 1.60. The summed E-state index contributed by atoms with van der Waals surface area (Å²) in [5.41, 5.74) is 2.26. The van der Waals surface area contributed by atoms with E-state index in [9.17, 15) is 13.2 Å². The summed E-state index contributed by atoms with van der Waals surface area (Å²) >= 11 is 1.49. The fourth-order valence-corrected chi connectivity index (χ4v) is 4.56. The second-order valence-corrected chi connectivity index (χ2v) is 8.54. The summed E-state index contributed by atoms with van der Waals surface area (Å²) in [5, 5.41) is 5.44. The smallest absolute Gasteiger partial charge is 0.253 e. The van der Waals surface area contributed by atoms with E-state index in [-0.39, 0.29) is 23.9 Å². The number of nitrogens with zero attached hydrogens (tertiary/aromatic N) is 2. The van der Waals surface area contributed by atoms with E-state index in [1.807, 2.05) is 23.8 Å². The van der Waals surface area contributed by atoms with Gasteiger partial charge in [0, 0.05) is 36.1 Å². The number of sulfonamides is 1. The molecular formula is C18H20N4O3S2. The van der Waals surface area contributed by atoms with E-state index in [1.165, 1.54) is 23.5 Å². The maximum Gasteiger partial charge on any atom is 0.253 e. The summed E-state index contributed by atoms with van der Waals surface area (Å²) in [6, 6.07) is 9.92. The topological polar surface area (TPSA) is 93.1 Å². The summed E-state index contributed by atoms with van der Waals surface area (Å²) in [4.78, 5) is 17.0. The van der Waals surface area contributed by atoms with Crippen molar-refractivity contribution in [1.82, 2.24) is 19.6 Å². The van der Waals surface area contributed by atoms with Gasteiger partial charge in [-0.2, -0.15) is 0 Å². The Morgan fingerprint density at radius 2 is 1.93 bits per heavy atom. The first-order valence-electron chi connectivity index (χ1n) is 8.32. The molecule has 27 heavy (non-hydrogen) atoms. The highest BCUT2D eigenvalue weighted by Crippen LogP contribution is 2.22. The van der Waals surface area contributed by atoms with Crippen LogP contribution in [0.25, 0.3) is 5.13 Å². The van der Waals surface area contributed by atoms with Gasteiger partial charge in [0.15, 0.2) is 5.13 Å². The van der Waals surface area contributed by atoms with Gasteiger partial charge in [-0.05, 0) is 32.0 Å². The van der Waals surface area contributed by atoms with Gasteiger partial charge >= 0.3 is 0 Å². The van der Waals surface area contributed by atoms with E-state index in [0.717, 1.165) is 16.5 Å². The molecule has 0 fully saturated rings. The fourth-order valence-electron chi connectivity index (χ4n) is 2.75. The van der Waals surface area contributed by atoms with Gasteiger partial charge in [-0.3, -0.25) is 9.36 Å². The Kier molecular flexibility index (Phi) is 5.73. The van der Waals surface area contributed by atoms with Gasteiger partial charge in [0.1, 0.15) is 0 Å². The zero-order chi connectivity index (χ0) is 19.4. The molecule has 0 saturated carbocycles. The third-order valence-electron chi connectivity index (χ3n) is 4.04. The molecule has 2 aromatic heterocycles. The molecule has 0 aliphatic carbocycles. The van der Waals surface area contributed by atoms with Gasteiger partial charge < -0.3 is 5.32 Å². The molecule has 142 valence electrons. The molecule has 2 N–H and O–H groups in total. The molecule has 0 atom stereocenters. The summed E-state index contributed by atoms with van der Waals surface area (Å²) in [7, 11) is -3.58. The van der Waals surface area contributed by atoms with Gasteiger partial charge in [0.2, 0.25) is 10.0 Å². The number of amides is 1. The van der Waals surface area contributed by atoms with Crippen LogP contribution in [0.4, 0.5) is 0 Å². The molecule has 1 amide bonds. The lowest BCUT2D eigenvalue weighted by molar-refractivity contribution is 0.0953. The highest BCUT2D eigenvalue weighted by Gasteiger charge is 2.18. The van der Waals surface area contributed by atoms with Crippen molar-refractivity contribution >= 4 is 27.3 Å². The average molecular weight is 405 g/mol. The number of aryl methyl sites for hydroxylation is 1. The molecule has 1 aromatic carbocycles. The van der Waals surface area contributed by atoms with E-state index in [2.05, 4.69) is 15.0 Å². The molecule has 0 unspecified atom stereocenters. The van der Waals surface area contributed by atoms with Gasteiger partial charge in [-0.1, -0.05) is 18.2 Å². The van der Waals surface area contributed by atoms with Gasteiger partial charge in [-0.15, -0.1) is 11.3 Å². The van der Waals surface area contributed by atoms with E-state index in [1.54, 1.807) is 30.5 Å². The van der Waals surface area contributed by atoms with Crippen molar-refractivity contribution < 1.29 is 13.2 Å². The molecular weight excluding hydrogens is 384 g/mol. The maximum atomic E-state index is 12.5. The van der Waals surface area contributed by atoms with E-state index >= 15 is 0 Å². The minimum Gasteiger partial charge on any atom is -0.351 e. The molecule has 3 aromatic rings. The van der Waals surface area contributed by atoms with Crippen molar-refractivity contribution in [2.75, 3.05) is 13.1 Å². The predicted molar refractivity (Wildman–Crippen MR) is 105 cm³/mol. The lowest BCUT2D eigenvalue weighted by Gasteiger charge is -2.08. The van der Waals surface area contributed by atoms with Crippen molar-refractivity contribution in [2.24, 2.45) is 0 Å². The summed E-state index contributed by atoms with van der Waals surface area (Å²) < 4.78 is 28.7. The molecule has 0 radical (unpaired) electrons. The highest BCUT2D eigenvalue weighted by molar-refractivity contribution is 7.89. The van der Waals surface area contributed by atoms with Crippen molar-refractivity contribution in [2.45, 2.75) is 18.7 Å². The molecule has 9 heteroatoms. The Bertz CT molecular complexity index is 1030. The molecule has 0 aliphatic heterocycles. The van der Waals surface area contributed by atoms with Crippen LogP contribution >= 0.6 is 11.3 Å². The number of rotatable bonds is 7. The third kappa shape index (κ3) is 4.26. The second kappa shape index (κ2) is 8.03. The number of aromatic nitrogens is 2. The van der Waals surface area contributed by atoms with Crippen LogP contribution in [-0.4, -0.2) is 37.0 Å². The van der Waals surface area contributed by atoms with Crippen molar-refractivity contribution in [3.8, 4) is 5.13 Å². The minimum absolute atomic E-state index is 0.105. The van der Waals surface area contributed by atoms with Crippen molar-refractivity contribution in [1.29, 1.82) is 0 Å². The predicted octanol–water partition coefficient (Wildman–Crippen LogP) is 2.26. The normalized spacial score (nSPS) is 11.5. The van der Waals surface area contributed by atoms with Crippen LogP contribution in [0.1, 0.15) is 21.7 Å². The standard InChI is InChI=1S/C18H20N4O3S2/c1-13-12-16(14(2)22(13)18-20-10-11-26-18)17(23)19-8-9-21-27(24,25)15-6-4-3-5-7-15/h3-7,10-12,21H,8-9H2,1-2H3,(H,19,23). The van der Waals surface area contributed by atoms with E-state index < -0.39 is 10.0 Å². The Labute approximate surface area is 162 Å². The summed E-state index contributed by atoms with van der Waals surface area (Å²) in [6.45, 7) is 4.07. The summed E-state index contributed by atoms with van der Waals surface area (Å²) in [5.74, 6) is -0.246. The quantitative estimate of drug-likeness (QED) is 0.591. The Morgan fingerprint density at radius 3 is 2.59 bits per heavy atom. The maximum absolute atomic E-state index is 12.5. The molecule has 0 spiro atoms. The highest BCUT2D eigenvalue weighted by atomic mass is 32.2. The molecule has 0 bridgehead atoms. The number of carbonyl (C=O) groups is 1. The SMILES string of the molecule is Cc1cc(C(=O)NCCNS(=O)(=O)c2ccccc2)c(C)n1-c1nccs1. The van der Waals surface area contributed by atoms with Crippen LogP contribution in [-0.2, 0) is 10.0 Å². The molecule has 0 aliphatic rings. The zero-order valence-corrected chi connectivity index (χ0v) is 16.6. The minimum atomic E-state index is -3.58.